The number of aromatic nitrogens is 2. The normalized spacial score (nSPS) is 10.6. The van der Waals surface area contributed by atoms with E-state index in [0.717, 1.165) is 5.56 Å². The zero-order chi connectivity index (χ0) is 14.8. The molecule has 2 N–H and O–H groups in total. The van der Waals surface area contributed by atoms with Crippen LogP contribution in [0.4, 0.5) is 5.69 Å². The number of para-hydroxylation sites is 1. The molecule has 0 unspecified atom stereocenters. The Kier molecular flexibility index (Phi) is 3.50. The number of rotatable bonds is 3. The zero-order valence-corrected chi connectivity index (χ0v) is 12.0. The van der Waals surface area contributed by atoms with Gasteiger partial charge in [0.1, 0.15) is 5.75 Å². The maximum Gasteiger partial charge on any atom is 0.260 e. The van der Waals surface area contributed by atoms with Crippen LogP contribution in [-0.2, 0) is 0 Å². The highest BCUT2D eigenvalue weighted by Gasteiger charge is 2.15. The third kappa shape index (κ3) is 2.55. The van der Waals surface area contributed by atoms with E-state index in [1.165, 1.54) is 0 Å². The highest BCUT2D eigenvalue weighted by atomic mass is 35.5. The molecule has 6 heteroatoms. The molecule has 1 aromatic heterocycles. The Hall–Kier alpha value is -2.53. The van der Waals surface area contributed by atoms with Gasteiger partial charge < -0.3 is 15.0 Å². The third-order valence-corrected chi connectivity index (χ3v) is 3.25. The summed E-state index contributed by atoms with van der Waals surface area (Å²) in [6.45, 7) is 0. The molecule has 106 valence electrons. The predicted molar refractivity (Wildman–Crippen MR) is 81.1 cm³/mol. The number of nitrogen functional groups attached to an aromatic ring is 1. The number of benzene rings is 2. The number of halogens is 1. The lowest BCUT2D eigenvalue weighted by Crippen LogP contribution is -1.91. The van der Waals surface area contributed by atoms with Crippen molar-refractivity contribution in [2.45, 2.75) is 0 Å². The Balaban J connectivity index is 2.06. The summed E-state index contributed by atoms with van der Waals surface area (Å²) in [7, 11) is 1.59. The number of nitrogens with two attached hydrogens (primary N) is 1. The molecular formula is C15H12ClN3O2. The van der Waals surface area contributed by atoms with Crippen LogP contribution in [-0.4, -0.2) is 17.3 Å². The molecule has 0 radical (unpaired) electrons. The molecule has 0 spiro atoms. The molecular weight excluding hydrogens is 290 g/mol. The van der Waals surface area contributed by atoms with E-state index in [2.05, 4.69) is 10.1 Å². The fourth-order valence-electron chi connectivity index (χ4n) is 1.99. The van der Waals surface area contributed by atoms with E-state index in [1.54, 1.807) is 25.3 Å². The molecule has 0 saturated heterocycles. The van der Waals surface area contributed by atoms with Crippen LogP contribution in [0.1, 0.15) is 0 Å². The fraction of sp³-hybridized carbons (Fsp3) is 0.0667. The second-order valence-electron chi connectivity index (χ2n) is 4.35. The van der Waals surface area contributed by atoms with Gasteiger partial charge in [-0.05, 0) is 30.3 Å². The molecule has 0 bridgehead atoms. The molecule has 0 saturated carbocycles. The molecule has 5 nitrogen and oxygen atoms in total. The van der Waals surface area contributed by atoms with Gasteiger partial charge in [-0.2, -0.15) is 4.98 Å². The smallest absolute Gasteiger partial charge is 0.260 e. The van der Waals surface area contributed by atoms with Crippen LogP contribution in [0.5, 0.6) is 5.75 Å². The Morgan fingerprint density at radius 3 is 2.76 bits per heavy atom. The first-order valence-electron chi connectivity index (χ1n) is 6.21. The predicted octanol–water partition coefficient (Wildman–Crippen LogP) is 3.65. The van der Waals surface area contributed by atoms with Crippen molar-refractivity contribution in [3.8, 4) is 28.6 Å². The minimum absolute atomic E-state index is 0.316. The van der Waals surface area contributed by atoms with E-state index in [1.807, 2.05) is 24.3 Å². The maximum absolute atomic E-state index is 5.97. The quantitative estimate of drug-likeness (QED) is 0.747. The second-order valence-corrected chi connectivity index (χ2v) is 4.79. The Morgan fingerprint density at radius 2 is 1.95 bits per heavy atom. The lowest BCUT2D eigenvalue weighted by molar-refractivity contribution is 0.413. The summed E-state index contributed by atoms with van der Waals surface area (Å²) < 4.78 is 10.6. The van der Waals surface area contributed by atoms with Crippen molar-refractivity contribution in [1.82, 2.24) is 10.1 Å². The van der Waals surface area contributed by atoms with E-state index in [4.69, 9.17) is 26.6 Å². The van der Waals surface area contributed by atoms with E-state index >= 15 is 0 Å². The largest absolute Gasteiger partial charge is 0.496 e. The van der Waals surface area contributed by atoms with E-state index < -0.39 is 0 Å². The summed E-state index contributed by atoms with van der Waals surface area (Å²) >= 11 is 5.97. The van der Waals surface area contributed by atoms with Gasteiger partial charge in [0.2, 0.25) is 5.82 Å². The van der Waals surface area contributed by atoms with Gasteiger partial charge in [0.15, 0.2) is 0 Å². The van der Waals surface area contributed by atoms with Crippen molar-refractivity contribution in [3.63, 3.8) is 0 Å². The van der Waals surface area contributed by atoms with Gasteiger partial charge in [0.05, 0.1) is 18.2 Å². The van der Waals surface area contributed by atoms with Crippen molar-refractivity contribution < 1.29 is 9.26 Å². The van der Waals surface area contributed by atoms with Gasteiger partial charge in [0, 0.05) is 10.7 Å². The number of hydrogen-bond acceptors (Lipinski definition) is 5. The van der Waals surface area contributed by atoms with Gasteiger partial charge in [-0.3, -0.25) is 0 Å². The highest BCUT2D eigenvalue weighted by Crippen LogP contribution is 2.32. The minimum Gasteiger partial charge on any atom is -0.496 e. The van der Waals surface area contributed by atoms with Crippen LogP contribution in [0.15, 0.2) is 47.0 Å². The van der Waals surface area contributed by atoms with Gasteiger partial charge in [-0.1, -0.05) is 28.9 Å². The zero-order valence-electron chi connectivity index (χ0n) is 11.2. The van der Waals surface area contributed by atoms with Crippen LogP contribution in [0.3, 0.4) is 0 Å². The topological polar surface area (TPSA) is 74.2 Å². The van der Waals surface area contributed by atoms with Crippen LogP contribution in [0.25, 0.3) is 22.8 Å². The summed E-state index contributed by atoms with van der Waals surface area (Å²) in [6.07, 6.45) is 0. The summed E-state index contributed by atoms with van der Waals surface area (Å²) in [5, 5.41) is 4.53. The standard InChI is InChI=1S/C15H12ClN3O2/c1-20-13-5-3-2-4-10(13)14-18-15(21-19-14)11-8-9(16)6-7-12(11)17/h2-8H,17H2,1H3. The van der Waals surface area contributed by atoms with Gasteiger partial charge in [-0.15, -0.1) is 0 Å². The Bertz CT molecular complexity index is 786. The maximum atomic E-state index is 5.97. The molecule has 21 heavy (non-hydrogen) atoms. The van der Waals surface area contributed by atoms with Crippen LogP contribution in [0.2, 0.25) is 5.02 Å². The molecule has 3 aromatic rings. The molecule has 0 atom stereocenters. The number of hydrogen-bond donors (Lipinski definition) is 1. The summed E-state index contributed by atoms with van der Waals surface area (Å²) in [5.74, 6) is 1.42. The monoisotopic (exact) mass is 301 g/mol. The van der Waals surface area contributed by atoms with Crippen LogP contribution >= 0.6 is 11.6 Å². The average molecular weight is 302 g/mol. The molecule has 2 aromatic carbocycles. The van der Waals surface area contributed by atoms with Crippen molar-refractivity contribution in [2.24, 2.45) is 0 Å². The first kappa shape index (κ1) is 13.5. The lowest BCUT2D eigenvalue weighted by atomic mass is 10.1. The molecule has 0 fully saturated rings. The summed E-state index contributed by atoms with van der Waals surface area (Å²) in [5.41, 5.74) is 7.79. The van der Waals surface area contributed by atoms with Crippen molar-refractivity contribution >= 4 is 17.3 Å². The lowest BCUT2D eigenvalue weighted by Gasteiger charge is -2.03. The fourth-order valence-corrected chi connectivity index (χ4v) is 2.16. The van der Waals surface area contributed by atoms with Crippen LogP contribution in [0, 0.1) is 0 Å². The van der Waals surface area contributed by atoms with E-state index in [-0.39, 0.29) is 0 Å². The number of methoxy groups -OCH3 is 1. The second kappa shape index (κ2) is 5.46. The minimum atomic E-state index is 0.316. The Morgan fingerprint density at radius 1 is 1.14 bits per heavy atom. The molecule has 0 aliphatic rings. The van der Waals surface area contributed by atoms with E-state index in [0.29, 0.717) is 33.7 Å². The van der Waals surface area contributed by atoms with Gasteiger partial charge in [0.25, 0.3) is 5.89 Å². The van der Waals surface area contributed by atoms with Crippen molar-refractivity contribution in [3.05, 3.63) is 47.5 Å². The highest BCUT2D eigenvalue weighted by molar-refractivity contribution is 6.31. The van der Waals surface area contributed by atoms with Crippen molar-refractivity contribution in [1.29, 1.82) is 0 Å². The molecule has 1 heterocycles. The SMILES string of the molecule is COc1ccccc1-c1noc(-c2cc(Cl)ccc2N)n1. The molecule has 3 rings (SSSR count). The Labute approximate surface area is 126 Å². The first-order valence-corrected chi connectivity index (χ1v) is 6.59. The average Bonchev–Trinajstić information content (AvgIpc) is 2.99. The van der Waals surface area contributed by atoms with E-state index in [9.17, 15) is 0 Å². The van der Waals surface area contributed by atoms with Crippen LogP contribution < -0.4 is 10.5 Å². The van der Waals surface area contributed by atoms with Gasteiger partial charge in [-0.25, -0.2) is 0 Å². The number of nitrogens with zero attached hydrogens (tertiary/aromatic N) is 2. The molecule has 0 aliphatic carbocycles. The molecule has 0 amide bonds. The number of anilines is 1. The number of ether oxygens (including phenoxy) is 1. The first-order chi connectivity index (χ1) is 10.2. The van der Waals surface area contributed by atoms with Gasteiger partial charge >= 0.3 is 0 Å². The summed E-state index contributed by atoms with van der Waals surface area (Å²) in [4.78, 5) is 4.36. The third-order valence-electron chi connectivity index (χ3n) is 3.02. The van der Waals surface area contributed by atoms with Crippen molar-refractivity contribution in [2.75, 3.05) is 12.8 Å². The summed E-state index contributed by atoms with van der Waals surface area (Å²) in [6, 6.07) is 12.5. The molecule has 0 aliphatic heterocycles.